The van der Waals surface area contributed by atoms with Crippen LogP contribution >= 0.6 is 0 Å². The zero-order valence-corrected chi connectivity index (χ0v) is 19.4. The Bertz CT molecular complexity index is 1040. The minimum atomic E-state index is -0.254. The Balaban J connectivity index is 1.45. The lowest BCUT2D eigenvalue weighted by atomic mass is 9.98. The molecule has 1 fully saturated rings. The Labute approximate surface area is 194 Å². The average molecular weight is 450 g/mol. The number of nitrogens with zero attached hydrogens (tertiary/aromatic N) is 2. The third-order valence-electron chi connectivity index (χ3n) is 6.05. The Morgan fingerprint density at radius 2 is 1.73 bits per heavy atom. The van der Waals surface area contributed by atoms with E-state index in [0.717, 1.165) is 24.4 Å². The van der Waals surface area contributed by atoms with E-state index in [4.69, 9.17) is 14.0 Å². The molecule has 0 spiro atoms. The molecule has 3 aromatic rings. The number of hydrogen-bond donors (Lipinski definition) is 1. The molecule has 1 N–H and O–H groups in total. The van der Waals surface area contributed by atoms with E-state index in [0.29, 0.717) is 31.4 Å². The number of morpholine rings is 1. The van der Waals surface area contributed by atoms with Gasteiger partial charge in [-0.3, -0.25) is 9.69 Å². The highest BCUT2D eigenvalue weighted by molar-refractivity contribution is 5.93. The van der Waals surface area contributed by atoms with Crippen LogP contribution in [0.1, 0.15) is 47.4 Å². The molecule has 4 rings (SSSR count). The summed E-state index contributed by atoms with van der Waals surface area (Å²) in [6.45, 7) is 7.91. The predicted molar refractivity (Wildman–Crippen MR) is 126 cm³/mol. The van der Waals surface area contributed by atoms with Crippen LogP contribution in [0.25, 0.3) is 11.3 Å². The van der Waals surface area contributed by atoms with Gasteiger partial charge in [-0.1, -0.05) is 43.3 Å². The molecular formula is C26H31N3O4. The van der Waals surface area contributed by atoms with E-state index in [-0.39, 0.29) is 17.6 Å². The molecule has 0 aliphatic carbocycles. The first-order valence-electron chi connectivity index (χ1n) is 11.4. The van der Waals surface area contributed by atoms with Gasteiger partial charge in [-0.05, 0) is 41.3 Å². The Hall–Kier alpha value is -3.16. The molecule has 2 heterocycles. The number of benzene rings is 2. The highest BCUT2D eigenvalue weighted by Gasteiger charge is 2.24. The van der Waals surface area contributed by atoms with Gasteiger partial charge in [0.1, 0.15) is 5.75 Å². The van der Waals surface area contributed by atoms with Crippen LogP contribution in [0.3, 0.4) is 0 Å². The Morgan fingerprint density at radius 3 is 2.36 bits per heavy atom. The van der Waals surface area contributed by atoms with E-state index in [2.05, 4.69) is 53.5 Å². The number of carbonyl (C=O) groups is 1. The number of methoxy groups -OCH3 is 1. The first-order chi connectivity index (χ1) is 16.0. The molecule has 33 heavy (non-hydrogen) atoms. The van der Waals surface area contributed by atoms with Gasteiger partial charge in [0.15, 0.2) is 11.5 Å². The van der Waals surface area contributed by atoms with Gasteiger partial charge in [-0.2, -0.15) is 0 Å². The molecule has 1 amide bonds. The van der Waals surface area contributed by atoms with Crippen LogP contribution in [0.15, 0.2) is 59.1 Å². The molecule has 0 unspecified atom stereocenters. The second kappa shape index (κ2) is 10.6. The number of hydrogen-bond acceptors (Lipinski definition) is 6. The molecule has 1 aromatic heterocycles. The Kier molecular flexibility index (Phi) is 7.42. The second-order valence-electron chi connectivity index (χ2n) is 8.50. The minimum Gasteiger partial charge on any atom is -0.497 e. The number of amides is 1. The maximum atomic E-state index is 12.9. The van der Waals surface area contributed by atoms with E-state index < -0.39 is 0 Å². The summed E-state index contributed by atoms with van der Waals surface area (Å²) in [6.07, 6.45) is 0. The van der Waals surface area contributed by atoms with Gasteiger partial charge in [0.2, 0.25) is 0 Å². The molecule has 0 saturated carbocycles. The summed E-state index contributed by atoms with van der Waals surface area (Å²) in [6, 6.07) is 17.8. The highest BCUT2D eigenvalue weighted by atomic mass is 16.5. The van der Waals surface area contributed by atoms with Crippen molar-refractivity contribution < 1.29 is 18.8 Å². The normalized spacial score (nSPS) is 15.4. The lowest BCUT2D eigenvalue weighted by Gasteiger charge is -2.35. The number of carbonyl (C=O) groups excluding carboxylic acids is 1. The first kappa shape index (κ1) is 23.0. The maximum absolute atomic E-state index is 12.9. The smallest absolute Gasteiger partial charge is 0.273 e. The number of nitrogens with one attached hydrogen (secondary N) is 1. The summed E-state index contributed by atoms with van der Waals surface area (Å²) >= 11 is 0. The van der Waals surface area contributed by atoms with Crippen LogP contribution in [0.4, 0.5) is 0 Å². The topological polar surface area (TPSA) is 76.8 Å². The van der Waals surface area contributed by atoms with Crippen LogP contribution in [-0.2, 0) is 4.74 Å². The van der Waals surface area contributed by atoms with Crippen molar-refractivity contribution in [2.45, 2.75) is 25.8 Å². The summed E-state index contributed by atoms with van der Waals surface area (Å²) in [4.78, 5) is 15.2. The third kappa shape index (κ3) is 5.61. The fraction of sp³-hybridized carbons (Fsp3) is 0.385. The van der Waals surface area contributed by atoms with Crippen molar-refractivity contribution in [1.29, 1.82) is 0 Å². The maximum Gasteiger partial charge on any atom is 0.273 e. The summed E-state index contributed by atoms with van der Waals surface area (Å²) < 4.78 is 16.1. The van der Waals surface area contributed by atoms with Crippen molar-refractivity contribution >= 4 is 5.91 Å². The monoisotopic (exact) mass is 449 g/mol. The van der Waals surface area contributed by atoms with Gasteiger partial charge in [-0.25, -0.2) is 0 Å². The number of ether oxygens (including phenoxy) is 2. The molecule has 0 bridgehead atoms. The molecular weight excluding hydrogens is 418 g/mol. The third-order valence-corrected chi connectivity index (χ3v) is 6.05. The lowest BCUT2D eigenvalue weighted by Crippen LogP contribution is -2.43. The highest BCUT2D eigenvalue weighted by Crippen LogP contribution is 2.25. The predicted octanol–water partition coefficient (Wildman–Crippen LogP) is 4.28. The second-order valence-corrected chi connectivity index (χ2v) is 8.50. The van der Waals surface area contributed by atoms with Gasteiger partial charge < -0.3 is 19.3 Å². The van der Waals surface area contributed by atoms with E-state index in [9.17, 15) is 4.79 Å². The fourth-order valence-corrected chi connectivity index (χ4v) is 4.00. The molecule has 1 atom stereocenters. The van der Waals surface area contributed by atoms with Crippen LogP contribution in [0, 0.1) is 0 Å². The van der Waals surface area contributed by atoms with Crippen molar-refractivity contribution in [2.24, 2.45) is 0 Å². The van der Waals surface area contributed by atoms with Crippen molar-refractivity contribution in [3.63, 3.8) is 0 Å². The summed E-state index contributed by atoms with van der Waals surface area (Å²) in [5, 5.41) is 7.03. The quantitative estimate of drug-likeness (QED) is 0.553. The zero-order valence-electron chi connectivity index (χ0n) is 19.4. The SMILES string of the molecule is COc1ccc(-c2cc(C(=O)NC[C@@H](c3ccc(C(C)C)cc3)N3CCOCC3)no2)cc1. The first-order valence-corrected chi connectivity index (χ1v) is 11.4. The fourth-order valence-electron chi connectivity index (χ4n) is 4.00. The summed E-state index contributed by atoms with van der Waals surface area (Å²) in [5.41, 5.74) is 3.58. The van der Waals surface area contributed by atoms with Crippen LogP contribution in [0.5, 0.6) is 5.75 Å². The van der Waals surface area contributed by atoms with Crippen molar-refractivity contribution in [3.05, 3.63) is 71.4 Å². The number of aromatic nitrogens is 1. The molecule has 1 saturated heterocycles. The largest absolute Gasteiger partial charge is 0.497 e. The zero-order chi connectivity index (χ0) is 23.2. The van der Waals surface area contributed by atoms with Crippen molar-refractivity contribution in [3.8, 4) is 17.1 Å². The van der Waals surface area contributed by atoms with E-state index in [1.54, 1.807) is 13.2 Å². The van der Waals surface area contributed by atoms with Gasteiger partial charge in [0.05, 0.1) is 26.4 Å². The number of rotatable bonds is 8. The van der Waals surface area contributed by atoms with Crippen molar-refractivity contribution in [2.75, 3.05) is 40.0 Å². The average Bonchev–Trinajstić information content (AvgIpc) is 3.35. The van der Waals surface area contributed by atoms with Gasteiger partial charge >= 0.3 is 0 Å². The molecule has 7 heteroatoms. The standard InChI is InChI=1S/C26H31N3O4/c1-18(2)19-4-6-20(7-5-19)24(29-12-14-32-15-13-29)17-27-26(30)23-16-25(33-28-23)21-8-10-22(31-3)11-9-21/h4-11,16,18,24H,12-15,17H2,1-3H3,(H,27,30)/t24-/m0/s1. The van der Waals surface area contributed by atoms with Crippen molar-refractivity contribution in [1.82, 2.24) is 15.4 Å². The van der Waals surface area contributed by atoms with E-state index in [1.165, 1.54) is 11.1 Å². The molecule has 174 valence electrons. The molecule has 1 aliphatic heterocycles. The van der Waals surface area contributed by atoms with Gasteiger partial charge in [-0.15, -0.1) is 0 Å². The Morgan fingerprint density at radius 1 is 1.06 bits per heavy atom. The molecule has 1 aliphatic rings. The van der Waals surface area contributed by atoms with Crippen LogP contribution in [0.2, 0.25) is 0 Å². The lowest BCUT2D eigenvalue weighted by molar-refractivity contribution is 0.0162. The van der Waals surface area contributed by atoms with E-state index >= 15 is 0 Å². The molecule has 7 nitrogen and oxygen atoms in total. The van der Waals surface area contributed by atoms with Crippen LogP contribution < -0.4 is 10.1 Å². The van der Waals surface area contributed by atoms with E-state index in [1.807, 2.05) is 24.3 Å². The summed E-state index contributed by atoms with van der Waals surface area (Å²) in [7, 11) is 1.62. The summed E-state index contributed by atoms with van der Waals surface area (Å²) in [5.74, 6) is 1.52. The van der Waals surface area contributed by atoms with Crippen LogP contribution in [-0.4, -0.2) is 55.9 Å². The molecule has 2 aromatic carbocycles. The van der Waals surface area contributed by atoms with Gasteiger partial charge in [0.25, 0.3) is 5.91 Å². The molecule has 0 radical (unpaired) electrons. The minimum absolute atomic E-state index is 0.0621. The van der Waals surface area contributed by atoms with Gasteiger partial charge in [0, 0.05) is 31.3 Å².